The van der Waals surface area contributed by atoms with Crippen LogP contribution < -0.4 is 19.7 Å². The van der Waals surface area contributed by atoms with E-state index >= 15 is 0 Å². The number of allylic oxidation sites excluding steroid dienone is 1. The minimum absolute atomic E-state index is 0.236. The summed E-state index contributed by atoms with van der Waals surface area (Å²) < 4.78 is 16.4. The van der Waals surface area contributed by atoms with Crippen LogP contribution in [0.4, 0.5) is 5.69 Å². The van der Waals surface area contributed by atoms with Gasteiger partial charge in [-0.3, -0.25) is 4.90 Å². The molecule has 31 heavy (non-hydrogen) atoms. The van der Waals surface area contributed by atoms with E-state index in [0.29, 0.717) is 41.1 Å². The molecule has 2 N–H and O–H groups in total. The molecule has 2 aliphatic rings. The molecule has 1 unspecified atom stereocenters. The van der Waals surface area contributed by atoms with Crippen molar-refractivity contribution in [3.63, 3.8) is 0 Å². The normalized spacial score (nSPS) is 18.0. The van der Waals surface area contributed by atoms with E-state index in [9.17, 15) is 9.90 Å². The first-order valence-electron chi connectivity index (χ1n) is 9.91. The van der Waals surface area contributed by atoms with Crippen LogP contribution >= 0.6 is 12.2 Å². The molecule has 0 radical (unpaired) electrons. The standard InChI is InChI=1S/C23H24N2O5S/c1-12-9-15(10-13(2)21(12)26)20-19(22(27)28-4)14(3)25(23(31)24-20)16-5-6-17-18(11-16)30-8-7-29-17/h5-6,9-11,20,26H,7-8H2,1-4H3,(H,24,31). The van der Waals surface area contributed by atoms with Crippen LogP contribution in [-0.2, 0) is 9.53 Å². The highest BCUT2D eigenvalue weighted by molar-refractivity contribution is 7.80. The summed E-state index contributed by atoms with van der Waals surface area (Å²) in [5.41, 5.74) is 4.10. The number of rotatable bonds is 3. The molecule has 4 rings (SSSR count). The minimum Gasteiger partial charge on any atom is -0.507 e. The van der Waals surface area contributed by atoms with Gasteiger partial charge in [-0.25, -0.2) is 4.79 Å². The van der Waals surface area contributed by atoms with E-state index in [-0.39, 0.29) is 5.75 Å². The second-order valence-corrected chi connectivity index (χ2v) is 7.93. The van der Waals surface area contributed by atoms with E-state index in [1.54, 1.807) is 4.90 Å². The number of anilines is 1. The highest BCUT2D eigenvalue weighted by Gasteiger charge is 2.36. The maximum Gasteiger partial charge on any atom is 0.337 e. The summed E-state index contributed by atoms with van der Waals surface area (Å²) in [6, 6.07) is 8.73. The number of phenolic OH excluding ortho intramolecular Hbond substituents is 1. The smallest absolute Gasteiger partial charge is 0.337 e. The van der Waals surface area contributed by atoms with Crippen molar-refractivity contribution in [2.24, 2.45) is 0 Å². The number of hydrogen-bond acceptors (Lipinski definition) is 6. The molecule has 162 valence electrons. The topological polar surface area (TPSA) is 80.3 Å². The predicted molar refractivity (Wildman–Crippen MR) is 121 cm³/mol. The Balaban J connectivity index is 1.83. The number of aryl methyl sites for hydroxylation is 2. The van der Waals surface area contributed by atoms with Crippen LogP contribution in [-0.4, -0.2) is 36.5 Å². The summed E-state index contributed by atoms with van der Waals surface area (Å²) in [6.07, 6.45) is 0. The number of nitrogens with one attached hydrogen (secondary N) is 1. The summed E-state index contributed by atoms with van der Waals surface area (Å²) in [6.45, 7) is 6.46. The zero-order chi connectivity index (χ0) is 22.3. The molecule has 2 aromatic rings. The number of fused-ring (bicyclic) bond motifs is 1. The average molecular weight is 441 g/mol. The molecule has 2 aromatic carbocycles. The highest BCUT2D eigenvalue weighted by Crippen LogP contribution is 2.39. The predicted octanol–water partition coefficient (Wildman–Crippen LogP) is 3.66. The van der Waals surface area contributed by atoms with Gasteiger partial charge in [0.15, 0.2) is 16.6 Å². The number of nitrogens with zero attached hydrogens (tertiary/aromatic N) is 1. The molecule has 0 saturated carbocycles. The van der Waals surface area contributed by atoms with Crippen molar-refractivity contribution in [3.05, 3.63) is 58.3 Å². The van der Waals surface area contributed by atoms with Crippen LogP contribution in [0.5, 0.6) is 17.2 Å². The van der Waals surface area contributed by atoms with E-state index in [0.717, 1.165) is 22.4 Å². The number of ether oxygens (including phenoxy) is 3. The van der Waals surface area contributed by atoms with E-state index < -0.39 is 12.0 Å². The fourth-order valence-electron chi connectivity index (χ4n) is 4.01. The van der Waals surface area contributed by atoms with Gasteiger partial charge in [0.05, 0.1) is 24.4 Å². The number of methoxy groups -OCH3 is 1. The highest BCUT2D eigenvalue weighted by atomic mass is 32.1. The molecule has 0 amide bonds. The molecule has 2 heterocycles. The van der Waals surface area contributed by atoms with Gasteiger partial charge in [-0.15, -0.1) is 0 Å². The van der Waals surface area contributed by atoms with Crippen molar-refractivity contribution in [1.82, 2.24) is 5.32 Å². The summed E-state index contributed by atoms with van der Waals surface area (Å²) in [5, 5.41) is 13.9. The molecule has 0 fully saturated rings. The molecule has 0 bridgehead atoms. The molecular weight excluding hydrogens is 416 g/mol. The van der Waals surface area contributed by atoms with Gasteiger partial charge in [-0.05, 0) is 73.9 Å². The summed E-state index contributed by atoms with van der Waals surface area (Å²) >= 11 is 5.69. The maximum absolute atomic E-state index is 12.8. The number of phenols is 1. The van der Waals surface area contributed by atoms with Crippen LogP contribution in [0.25, 0.3) is 0 Å². The maximum atomic E-state index is 12.8. The molecule has 7 nitrogen and oxygen atoms in total. The zero-order valence-corrected chi connectivity index (χ0v) is 18.6. The van der Waals surface area contributed by atoms with Gasteiger partial charge in [0, 0.05) is 11.8 Å². The Labute approximate surface area is 186 Å². The minimum atomic E-state index is -0.508. The van der Waals surface area contributed by atoms with Gasteiger partial charge in [0.2, 0.25) is 0 Å². The summed E-state index contributed by atoms with van der Waals surface area (Å²) in [7, 11) is 1.36. The van der Waals surface area contributed by atoms with Crippen LogP contribution in [0, 0.1) is 13.8 Å². The van der Waals surface area contributed by atoms with Crippen LogP contribution in [0.1, 0.15) is 29.7 Å². The number of thiocarbonyl (C=S) groups is 1. The zero-order valence-electron chi connectivity index (χ0n) is 17.8. The van der Waals surface area contributed by atoms with Crippen molar-refractivity contribution in [1.29, 1.82) is 0 Å². The Kier molecular flexibility index (Phi) is 5.49. The first-order chi connectivity index (χ1) is 14.8. The summed E-state index contributed by atoms with van der Waals surface area (Å²) in [4.78, 5) is 14.6. The second kappa shape index (κ2) is 8.11. The van der Waals surface area contributed by atoms with E-state index in [1.165, 1.54) is 7.11 Å². The van der Waals surface area contributed by atoms with E-state index in [2.05, 4.69) is 5.32 Å². The van der Waals surface area contributed by atoms with Crippen molar-refractivity contribution < 1.29 is 24.1 Å². The molecule has 0 aliphatic carbocycles. The second-order valence-electron chi connectivity index (χ2n) is 7.54. The van der Waals surface area contributed by atoms with Crippen LogP contribution in [0.3, 0.4) is 0 Å². The molecule has 0 saturated heterocycles. The Morgan fingerprint density at radius 1 is 1.13 bits per heavy atom. The first-order valence-corrected chi connectivity index (χ1v) is 10.3. The third kappa shape index (κ3) is 3.67. The first kappa shape index (κ1) is 21.0. The third-order valence-corrected chi connectivity index (χ3v) is 5.82. The molecule has 8 heteroatoms. The van der Waals surface area contributed by atoms with Crippen LogP contribution in [0.2, 0.25) is 0 Å². The van der Waals surface area contributed by atoms with Crippen molar-refractivity contribution >= 4 is 29.0 Å². The van der Waals surface area contributed by atoms with Gasteiger partial charge in [0.25, 0.3) is 0 Å². The third-order valence-electron chi connectivity index (χ3n) is 5.52. The largest absolute Gasteiger partial charge is 0.507 e. The fraction of sp³-hybridized carbons (Fsp3) is 0.304. The van der Waals surface area contributed by atoms with Crippen molar-refractivity contribution in [2.75, 3.05) is 25.2 Å². The molecular formula is C23H24N2O5S. The van der Waals surface area contributed by atoms with Gasteiger partial charge in [-0.1, -0.05) is 0 Å². The lowest BCUT2D eigenvalue weighted by Crippen LogP contribution is -2.48. The van der Waals surface area contributed by atoms with Gasteiger partial charge >= 0.3 is 5.97 Å². The molecule has 2 aliphatic heterocycles. The van der Waals surface area contributed by atoms with Crippen molar-refractivity contribution in [3.8, 4) is 17.2 Å². The SMILES string of the molecule is COC(=O)C1=C(C)N(c2ccc3c(c2)OCCO3)C(=S)NC1c1cc(C)c(O)c(C)c1. The number of carbonyl (C=O) groups excluding carboxylic acids is 1. The lowest BCUT2D eigenvalue weighted by Gasteiger charge is -2.38. The van der Waals surface area contributed by atoms with Crippen molar-refractivity contribution in [2.45, 2.75) is 26.8 Å². The van der Waals surface area contributed by atoms with Gasteiger partial charge < -0.3 is 24.6 Å². The number of aromatic hydroxyl groups is 1. The van der Waals surface area contributed by atoms with E-state index in [1.807, 2.05) is 51.1 Å². The Bertz CT molecular complexity index is 1090. The van der Waals surface area contributed by atoms with Gasteiger partial charge in [0.1, 0.15) is 19.0 Å². The average Bonchev–Trinajstić information content (AvgIpc) is 2.76. The number of esters is 1. The number of benzene rings is 2. The molecule has 0 aromatic heterocycles. The van der Waals surface area contributed by atoms with Gasteiger partial charge in [-0.2, -0.15) is 0 Å². The lowest BCUT2D eigenvalue weighted by molar-refractivity contribution is -0.136. The quantitative estimate of drug-likeness (QED) is 0.553. The lowest BCUT2D eigenvalue weighted by atomic mass is 9.92. The number of hydrogen-bond donors (Lipinski definition) is 2. The summed E-state index contributed by atoms with van der Waals surface area (Å²) in [5.74, 6) is 1.09. The number of carbonyl (C=O) groups is 1. The Morgan fingerprint density at radius 3 is 2.42 bits per heavy atom. The molecule has 0 spiro atoms. The van der Waals surface area contributed by atoms with E-state index in [4.69, 9.17) is 26.4 Å². The van der Waals surface area contributed by atoms with Crippen LogP contribution in [0.15, 0.2) is 41.6 Å². The molecule has 1 atom stereocenters. The Morgan fingerprint density at radius 2 is 1.77 bits per heavy atom. The Hall–Kier alpha value is -3.26. The monoisotopic (exact) mass is 440 g/mol. The fourth-order valence-corrected chi connectivity index (χ4v) is 4.37.